The largest absolute Gasteiger partial charge is 0.346 e. The number of aromatic nitrogens is 1. The van der Waals surface area contributed by atoms with Crippen molar-refractivity contribution in [2.24, 2.45) is 0 Å². The molecule has 2 aromatic carbocycles. The van der Waals surface area contributed by atoms with Gasteiger partial charge in [0.15, 0.2) is 0 Å². The van der Waals surface area contributed by atoms with Crippen LogP contribution in [0.1, 0.15) is 54.1 Å². The Labute approximate surface area is 200 Å². The average Bonchev–Trinajstić information content (AvgIpc) is 3.20. The zero-order valence-electron chi connectivity index (χ0n) is 19.8. The predicted octanol–water partition coefficient (Wildman–Crippen LogP) is 5.53. The summed E-state index contributed by atoms with van der Waals surface area (Å²) in [7, 11) is 0. The number of para-hydroxylation sites is 1. The summed E-state index contributed by atoms with van der Waals surface area (Å²) in [5.74, 6) is -0.179. The van der Waals surface area contributed by atoms with Crippen LogP contribution in [-0.4, -0.2) is 33.9 Å². The number of hydrogen-bond donors (Lipinski definition) is 1. The highest BCUT2D eigenvalue weighted by atomic mass is 16.2. The van der Waals surface area contributed by atoms with Gasteiger partial charge in [0, 0.05) is 59.1 Å². The second kappa shape index (κ2) is 10.4. The number of amides is 2. The SMILES string of the molecule is Cc1cc(C(=O)N2CCCCC2C)ccc1NC(=O)/C=C/c1cn(CCC#N)c2ccccc12. The standard InChI is InChI=1S/C28H30N4O2/c1-20-18-22(28(34)32-17-6-5-8-21(32)2)11-13-25(20)30-27(33)14-12-23-19-31(16-7-15-29)26-10-4-3-9-24(23)26/h3-4,9-14,18-19,21H,5-8,16-17H2,1-2H3,(H,30,33)/b14-12+. The highest BCUT2D eigenvalue weighted by molar-refractivity contribution is 6.04. The molecule has 0 bridgehead atoms. The fraction of sp³-hybridized carbons (Fsp3) is 0.321. The van der Waals surface area contributed by atoms with Crippen molar-refractivity contribution in [1.29, 1.82) is 5.26 Å². The van der Waals surface area contributed by atoms with Gasteiger partial charge in [-0.1, -0.05) is 18.2 Å². The summed E-state index contributed by atoms with van der Waals surface area (Å²) in [4.78, 5) is 27.5. The number of carbonyl (C=O) groups is 2. The summed E-state index contributed by atoms with van der Waals surface area (Å²) in [6, 6.07) is 15.8. The van der Waals surface area contributed by atoms with Gasteiger partial charge in [0.05, 0.1) is 12.5 Å². The fourth-order valence-electron chi connectivity index (χ4n) is 4.61. The number of anilines is 1. The summed E-state index contributed by atoms with van der Waals surface area (Å²) in [6.45, 7) is 5.41. The van der Waals surface area contributed by atoms with Crippen LogP contribution in [0.3, 0.4) is 0 Å². The van der Waals surface area contributed by atoms with E-state index in [2.05, 4.69) is 18.3 Å². The van der Waals surface area contributed by atoms with Gasteiger partial charge in [0.1, 0.15) is 0 Å². The molecule has 1 aromatic heterocycles. The van der Waals surface area contributed by atoms with Gasteiger partial charge in [-0.3, -0.25) is 9.59 Å². The van der Waals surface area contributed by atoms with Crippen molar-refractivity contribution in [3.05, 3.63) is 71.4 Å². The first-order chi connectivity index (χ1) is 16.5. The molecule has 1 unspecified atom stereocenters. The lowest BCUT2D eigenvalue weighted by Crippen LogP contribution is -2.42. The number of likely N-dealkylation sites (tertiary alicyclic amines) is 1. The Kier molecular flexibility index (Phi) is 7.12. The molecule has 1 saturated heterocycles. The maximum absolute atomic E-state index is 12.9. The number of nitrogens with one attached hydrogen (secondary N) is 1. The molecule has 6 nitrogen and oxygen atoms in total. The van der Waals surface area contributed by atoms with Gasteiger partial charge < -0.3 is 14.8 Å². The third kappa shape index (κ3) is 5.04. The normalized spacial score (nSPS) is 16.0. The van der Waals surface area contributed by atoms with Crippen LogP contribution in [0, 0.1) is 18.3 Å². The molecule has 1 atom stereocenters. The molecule has 4 rings (SSSR count). The number of rotatable bonds is 6. The first kappa shape index (κ1) is 23.3. The monoisotopic (exact) mass is 454 g/mol. The van der Waals surface area contributed by atoms with Crippen LogP contribution in [0.25, 0.3) is 17.0 Å². The molecule has 2 heterocycles. The molecule has 2 amide bonds. The Morgan fingerprint density at radius 1 is 1.21 bits per heavy atom. The summed E-state index contributed by atoms with van der Waals surface area (Å²) < 4.78 is 2.04. The van der Waals surface area contributed by atoms with Crippen LogP contribution in [0.2, 0.25) is 0 Å². The predicted molar refractivity (Wildman–Crippen MR) is 135 cm³/mol. The second-order valence-corrected chi connectivity index (χ2v) is 8.90. The van der Waals surface area contributed by atoms with Crippen LogP contribution >= 0.6 is 0 Å². The molecule has 6 heteroatoms. The van der Waals surface area contributed by atoms with Crippen molar-refractivity contribution in [3.63, 3.8) is 0 Å². The Hall–Kier alpha value is -3.85. The topological polar surface area (TPSA) is 78.1 Å². The number of carbonyl (C=O) groups excluding carboxylic acids is 2. The van der Waals surface area contributed by atoms with E-state index in [0.29, 0.717) is 24.2 Å². The fourth-order valence-corrected chi connectivity index (χ4v) is 4.61. The third-order valence-electron chi connectivity index (χ3n) is 6.49. The van der Waals surface area contributed by atoms with Gasteiger partial charge in [-0.05, 0) is 69.0 Å². The van der Waals surface area contributed by atoms with Crippen molar-refractivity contribution in [3.8, 4) is 6.07 Å². The number of benzene rings is 2. The van der Waals surface area contributed by atoms with Gasteiger partial charge >= 0.3 is 0 Å². The number of aryl methyl sites for hydroxylation is 2. The van der Waals surface area contributed by atoms with E-state index in [1.54, 1.807) is 18.2 Å². The van der Waals surface area contributed by atoms with E-state index in [1.165, 1.54) is 12.5 Å². The Morgan fingerprint density at radius 2 is 2.03 bits per heavy atom. The van der Waals surface area contributed by atoms with E-state index in [-0.39, 0.29) is 17.9 Å². The van der Waals surface area contributed by atoms with Gasteiger partial charge in [-0.25, -0.2) is 0 Å². The third-order valence-corrected chi connectivity index (χ3v) is 6.49. The molecule has 174 valence electrons. The molecule has 34 heavy (non-hydrogen) atoms. The summed E-state index contributed by atoms with van der Waals surface area (Å²) in [6.07, 6.45) is 8.98. The van der Waals surface area contributed by atoms with Gasteiger partial charge in [0.2, 0.25) is 5.91 Å². The van der Waals surface area contributed by atoms with Crippen LogP contribution in [0.15, 0.2) is 54.7 Å². The smallest absolute Gasteiger partial charge is 0.254 e. The van der Waals surface area contributed by atoms with E-state index < -0.39 is 0 Å². The first-order valence-electron chi connectivity index (χ1n) is 11.8. The molecule has 3 aromatic rings. The molecule has 1 fully saturated rings. The molecular formula is C28H30N4O2. The number of hydrogen-bond acceptors (Lipinski definition) is 3. The van der Waals surface area contributed by atoms with Gasteiger partial charge in [-0.15, -0.1) is 0 Å². The highest BCUT2D eigenvalue weighted by Gasteiger charge is 2.24. The van der Waals surface area contributed by atoms with Crippen LogP contribution in [0.5, 0.6) is 0 Å². The van der Waals surface area contributed by atoms with Crippen molar-refractivity contribution in [2.45, 2.75) is 52.1 Å². The highest BCUT2D eigenvalue weighted by Crippen LogP contribution is 2.24. The van der Waals surface area contributed by atoms with Crippen molar-refractivity contribution >= 4 is 34.5 Å². The Bertz CT molecular complexity index is 1280. The minimum absolute atomic E-state index is 0.0564. The van der Waals surface area contributed by atoms with E-state index in [0.717, 1.165) is 41.4 Å². The lowest BCUT2D eigenvalue weighted by molar-refractivity contribution is -0.111. The van der Waals surface area contributed by atoms with Crippen molar-refractivity contribution in [2.75, 3.05) is 11.9 Å². The second-order valence-electron chi connectivity index (χ2n) is 8.90. The van der Waals surface area contributed by atoms with Crippen LogP contribution in [-0.2, 0) is 11.3 Å². The zero-order valence-corrected chi connectivity index (χ0v) is 19.8. The van der Waals surface area contributed by atoms with Crippen molar-refractivity contribution < 1.29 is 9.59 Å². The van der Waals surface area contributed by atoms with Gasteiger partial charge in [0.25, 0.3) is 5.91 Å². The lowest BCUT2D eigenvalue weighted by atomic mass is 10.0. The summed E-state index contributed by atoms with van der Waals surface area (Å²) in [5.41, 5.74) is 4.17. The number of piperidine rings is 1. The van der Waals surface area contributed by atoms with Crippen LogP contribution in [0.4, 0.5) is 5.69 Å². The molecule has 1 N–H and O–H groups in total. The van der Waals surface area contributed by atoms with Gasteiger partial charge in [-0.2, -0.15) is 5.26 Å². The molecule has 0 radical (unpaired) electrons. The zero-order chi connectivity index (χ0) is 24.1. The van der Waals surface area contributed by atoms with E-state index in [9.17, 15) is 9.59 Å². The first-order valence-corrected chi connectivity index (χ1v) is 11.8. The van der Waals surface area contributed by atoms with Crippen molar-refractivity contribution in [1.82, 2.24) is 9.47 Å². The molecule has 0 spiro atoms. The number of nitrogens with zero attached hydrogens (tertiary/aromatic N) is 3. The number of fused-ring (bicyclic) bond motifs is 1. The van der Waals surface area contributed by atoms with E-state index in [1.807, 2.05) is 52.9 Å². The maximum atomic E-state index is 12.9. The molecular weight excluding hydrogens is 424 g/mol. The molecule has 0 aliphatic carbocycles. The summed E-state index contributed by atoms with van der Waals surface area (Å²) >= 11 is 0. The molecule has 1 aliphatic rings. The van der Waals surface area contributed by atoms with Crippen LogP contribution < -0.4 is 5.32 Å². The Morgan fingerprint density at radius 3 is 2.79 bits per heavy atom. The van der Waals surface area contributed by atoms with E-state index >= 15 is 0 Å². The number of nitriles is 1. The quantitative estimate of drug-likeness (QED) is 0.498. The maximum Gasteiger partial charge on any atom is 0.254 e. The Balaban J connectivity index is 1.46. The molecule has 1 aliphatic heterocycles. The van der Waals surface area contributed by atoms with E-state index in [4.69, 9.17) is 5.26 Å². The molecule has 0 saturated carbocycles. The minimum atomic E-state index is -0.235. The average molecular weight is 455 g/mol. The lowest BCUT2D eigenvalue weighted by Gasteiger charge is -2.33. The minimum Gasteiger partial charge on any atom is -0.346 e. The summed E-state index contributed by atoms with van der Waals surface area (Å²) in [5, 5.41) is 12.9.